The number of aliphatic hydroxyl groups excluding tert-OH is 1. The summed E-state index contributed by atoms with van der Waals surface area (Å²) >= 11 is 0. The van der Waals surface area contributed by atoms with Crippen molar-refractivity contribution in [3.05, 3.63) is 48.3 Å². The van der Waals surface area contributed by atoms with Crippen molar-refractivity contribution in [3.8, 4) is 11.5 Å². The summed E-state index contributed by atoms with van der Waals surface area (Å²) in [6.07, 6.45) is 6.09. The van der Waals surface area contributed by atoms with Gasteiger partial charge < -0.3 is 19.4 Å². The SMILES string of the molecule is OC[C@H](Cc1ccco1)Cn1ccnc1-c1cc2n(n1)CCNC2. The second kappa shape index (κ2) is 6.62. The normalized spacial score (nSPS) is 15.4. The molecule has 0 aromatic carbocycles. The van der Waals surface area contributed by atoms with Crippen LogP contribution in [0.4, 0.5) is 0 Å². The minimum atomic E-state index is 0.0722. The van der Waals surface area contributed by atoms with E-state index in [4.69, 9.17) is 4.42 Å². The molecule has 0 bridgehead atoms. The first-order valence-corrected chi connectivity index (χ1v) is 8.25. The Balaban J connectivity index is 1.54. The quantitative estimate of drug-likeness (QED) is 0.713. The van der Waals surface area contributed by atoms with Gasteiger partial charge in [0.2, 0.25) is 0 Å². The zero-order chi connectivity index (χ0) is 16.4. The average Bonchev–Trinajstić information content (AvgIpc) is 3.34. The number of aliphatic hydroxyl groups is 1. The van der Waals surface area contributed by atoms with Crippen LogP contribution >= 0.6 is 0 Å². The Kier molecular flexibility index (Phi) is 4.18. The van der Waals surface area contributed by atoms with E-state index in [2.05, 4.69) is 26.0 Å². The molecule has 4 heterocycles. The number of nitrogens with zero attached hydrogens (tertiary/aromatic N) is 4. The average molecular weight is 327 g/mol. The maximum Gasteiger partial charge on any atom is 0.160 e. The van der Waals surface area contributed by atoms with E-state index >= 15 is 0 Å². The van der Waals surface area contributed by atoms with E-state index in [-0.39, 0.29) is 12.5 Å². The van der Waals surface area contributed by atoms with Crippen LogP contribution in [0.3, 0.4) is 0 Å². The van der Waals surface area contributed by atoms with Crippen molar-refractivity contribution in [1.82, 2.24) is 24.6 Å². The van der Waals surface area contributed by atoms with Gasteiger partial charge in [-0.25, -0.2) is 4.98 Å². The van der Waals surface area contributed by atoms with Gasteiger partial charge in [0.1, 0.15) is 11.5 Å². The van der Waals surface area contributed by atoms with Crippen molar-refractivity contribution in [1.29, 1.82) is 0 Å². The third kappa shape index (κ3) is 3.00. The molecule has 126 valence electrons. The third-order valence-corrected chi connectivity index (χ3v) is 4.40. The molecule has 0 unspecified atom stereocenters. The molecular formula is C17H21N5O2. The van der Waals surface area contributed by atoms with E-state index in [9.17, 15) is 5.11 Å². The lowest BCUT2D eigenvalue weighted by atomic mass is 10.0. The number of furan rings is 1. The number of nitrogens with one attached hydrogen (secondary N) is 1. The fourth-order valence-electron chi connectivity index (χ4n) is 3.17. The van der Waals surface area contributed by atoms with Crippen LogP contribution in [0.1, 0.15) is 11.5 Å². The molecule has 24 heavy (non-hydrogen) atoms. The molecule has 0 saturated carbocycles. The van der Waals surface area contributed by atoms with Crippen LogP contribution in [0.15, 0.2) is 41.3 Å². The van der Waals surface area contributed by atoms with Crippen LogP contribution in [0.5, 0.6) is 0 Å². The van der Waals surface area contributed by atoms with Crippen molar-refractivity contribution in [2.24, 2.45) is 5.92 Å². The van der Waals surface area contributed by atoms with E-state index in [1.807, 2.05) is 23.0 Å². The molecule has 0 fully saturated rings. The highest BCUT2D eigenvalue weighted by Crippen LogP contribution is 2.21. The van der Waals surface area contributed by atoms with Gasteiger partial charge in [-0.15, -0.1) is 0 Å². The lowest BCUT2D eigenvalue weighted by molar-refractivity contribution is 0.204. The Morgan fingerprint density at radius 2 is 2.38 bits per heavy atom. The summed E-state index contributed by atoms with van der Waals surface area (Å²) in [5, 5.41) is 17.7. The number of rotatable bonds is 6. The molecule has 2 N–H and O–H groups in total. The van der Waals surface area contributed by atoms with Gasteiger partial charge in [0, 0.05) is 51.0 Å². The summed E-state index contributed by atoms with van der Waals surface area (Å²) in [6, 6.07) is 5.90. The maximum atomic E-state index is 9.71. The largest absolute Gasteiger partial charge is 0.469 e. The van der Waals surface area contributed by atoms with Crippen molar-refractivity contribution in [2.45, 2.75) is 26.1 Å². The second-order valence-electron chi connectivity index (χ2n) is 6.16. The summed E-state index contributed by atoms with van der Waals surface area (Å²) in [5.41, 5.74) is 2.06. The van der Waals surface area contributed by atoms with Gasteiger partial charge in [0.05, 0.1) is 18.5 Å². The first kappa shape index (κ1) is 15.2. The predicted octanol–water partition coefficient (Wildman–Crippen LogP) is 1.29. The molecule has 3 aromatic heterocycles. The van der Waals surface area contributed by atoms with Crippen molar-refractivity contribution < 1.29 is 9.52 Å². The molecule has 0 saturated heterocycles. The molecule has 3 aromatic rings. The molecule has 0 aliphatic carbocycles. The van der Waals surface area contributed by atoms with Gasteiger partial charge in [0.15, 0.2) is 5.82 Å². The van der Waals surface area contributed by atoms with Crippen molar-refractivity contribution >= 4 is 0 Å². The minimum absolute atomic E-state index is 0.0722. The van der Waals surface area contributed by atoms with Crippen LogP contribution in [0, 0.1) is 5.92 Å². The van der Waals surface area contributed by atoms with E-state index < -0.39 is 0 Å². The van der Waals surface area contributed by atoms with Gasteiger partial charge in [0.25, 0.3) is 0 Å². The lowest BCUT2D eigenvalue weighted by Crippen LogP contribution is -2.28. The van der Waals surface area contributed by atoms with Crippen LogP contribution in [-0.2, 0) is 26.1 Å². The molecule has 7 nitrogen and oxygen atoms in total. The van der Waals surface area contributed by atoms with E-state index in [0.29, 0.717) is 13.0 Å². The Bertz CT molecular complexity index is 766. The van der Waals surface area contributed by atoms with Crippen LogP contribution in [0.2, 0.25) is 0 Å². The van der Waals surface area contributed by atoms with E-state index in [1.54, 1.807) is 12.5 Å². The number of hydrogen-bond donors (Lipinski definition) is 2. The minimum Gasteiger partial charge on any atom is -0.469 e. The zero-order valence-corrected chi connectivity index (χ0v) is 13.4. The summed E-state index contributed by atoms with van der Waals surface area (Å²) in [4.78, 5) is 4.48. The zero-order valence-electron chi connectivity index (χ0n) is 13.4. The number of imidazole rings is 1. The summed E-state index contributed by atoms with van der Waals surface area (Å²) in [6.45, 7) is 3.44. The molecule has 7 heteroatoms. The Hall–Kier alpha value is -2.38. The Morgan fingerprint density at radius 1 is 1.42 bits per heavy atom. The van der Waals surface area contributed by atoms with Gasteiger partial charge in [-0.2, -0.15) is 5.10 Å². The number of fused-ring (bicyclic) bond motifs is 1. The molecule has 0 amide bonds. The summed E-state index contributed by atoms with van der Waals surface area (Å²) < 4.78 is 9.50. The fraction of sp³-hybridized carbons (Fsp3) is 0.412. The first-order valence-electron chi connectivity index (χ1n) is 8.25. The standard InChI is InChI=1S/C17H21N5O2/c23-12-13(8-15-2-1-7-24-15)11-21-5-4-19-17(21)16-9-14-10-18-3-6-22(14)20-16/h1-2,4-5,7,9,13,18,23H,3,6,8,10-12H2/t13-/m1/s1. The first-order chi connectivity index (χ1) is 11.8. The second-order valence-corrected chi connectivity index (χ2v) is 6.16. The smallest absolute Gasteiger partial charge is 0.160 e. The van der Waals surface area contributed by atoms with E-state index in [0.717, 1.165) is 36.9 Å². The van der Waals surface area contributed by atoms with Crippen LogP contribution in [-0.4, -0.2) is 37.6 Å². The highest BCUT2D eigenvalue weighted by molar-refractivity contribution is 5.50. The monoisotopic (exact) mass is 327 g/mol. The van der Waals surface area contributed by atoms with Crippen molar-refractivity contribution in [2.75, 3.05) is 13.2 Å². The van der Waals surface area contributed by atoms with Crippen molar-refractivity contribution in [3.63, 3.8) is 0 Å². The van der Waals surface area contributed by atoms with Gasteiger partial charge >= 0.3 is 0 Å². The molecule has 1 aliphatic heterocycles. The Labute approximate surface area is 139 Å². The van der Waals surface area contributed by atoms with Gasteiger partial charge in [-0.3, -0.25) is 4.68 Å². The van der Waals surface area contributed by atoms with Crippen LogP contribution < -0.4 is 5.32 Å². The summed E-state index contributed by atoms with van der Waals surface area (Å²) in [7, 11) is 0. The summed E-state index contributed by atoms with van der Waals surface area (Å²) in [5.74, 6) is 1.80. The van der Waals surface area contributed by atoms with Gasteiger partial charge in [-0.05, 0) is 18.2 Å². The predicted molar refractivity (Wildman–Crippen MR) is 88.1 cm³/mol. The number of aromatic nitrogens is 4. The highest BCUT2D eigenvalue weighted by Gasteiger charge is 2.18. The molecule has 0 radical (unpaired) electrons. The molecule has 0 spiro atoms. The Morgan fingerprint density at radius 3 is 3.17 bits per heavy atom. The van der Waals surface area contributed by atoms with Gasteiger partial charge in [-0.1, -0.05) is 0 Å². The molecule has 1 aliphatic rings. The third-order valence-electron chi connectivity index (χ3n) is 4.40. The lowest BCUT2D eigenvalue weighted by Gasteiger charge is -2.15. The topological polar surface area (TPSA) is 81.0 Å². The molecule has 4 rings (SSSR count). The molecule has 1 atom stereocenters. The fourth-order valence-corrected chi connectivity index (χ4v) is 3.17. The number of hydrogen-bond acceptors (Lipinski definition) is 5. The van der Waals surface area contributed by atoms with Crippen LogP contribution in [0.25, 0.3) is 11.5 Å². The molecular weight excluding hydrogens is 306 g/mol. The highest BCUT2D eigenvalue weighted by atomic mass is 16.3. The van der Waals surface area contributed by atoms with E-state index in [1.165, 1.54) is 5.69 Å². The maximum absolute atomic E-state index is 9.71.